The summed E-state index contributed by atoms with van der Waals surface area (Å²) in [6.45, 7) is 4.10. The molecule has 2 aromatic heterocycles. The molecule has 0 fully saturated rings. The highest BCUT2D eigenvalue weighted by Gasteiger charge is 2.18. The minimum atomic E-state index is 0.244. The largest absolute Gasteiger partial charge is 0.461 e. The zero-order valence-electron chi connectivity index (χ0n) is 9.07. The smallest absolute Gasteiger partial charge is 0.166 e. The van der Waals surface area contributed by atoms with Crippen molar-refractivity contribution in [3.8, 4) is 11.5 Å². The Morgan fingerprint density at radius 3 is 2.69 bits per heavy atom. The first-order chi connectivity index (χ1) is 7.61. The zero-order valence-corrected chi connectivity index (χ0v) is 10.7. The quantitative estimate of drug-likeness (QED) is 0.918. The van der Waals surface area contributed by atoms with Crippen LogP contribution in [0.1, 0.15) is 25.3 Å². The van der Waals surface area contributed by atoms with Crippen LogP contribution in [0, 0.1) is 0 Å². The molecular formula is C11H12BrN3O. The lowest BCUT2D eigenvalue weighted by Crippen LogP contribution is -2.03. The Balaban J connectivity index is 2.66. The van der Waals surface area contributed by atoms with E-state index >= 15 is 0 Å². The summed E-state index contributed by atoms with van der Waals surface area (Å²) in [6.07, 6.45) is 3.06. The molecule has 2 N–H and O–H groups in total. The van der Waals surface area contributed by atoms with Crippen LogP contribution in [0.2, 0.25) is 0 Å². The van der Waals surface area contributed by atoms with E-state index in [2.05, 4.69) is 39.7 Å². The number of rotatable bonds is 2. The third kappa shape index (κ3) is 1.82. The van der Waals surface area contributed by atoms with E-state index in [0.29, 0.717) is 11.6 Å². The van der Waals surface area contributed by atoms with Crippen LogP contribution >= 0.6 is 15.9 Å². The summed E-state index contributed by atoms with van der Waals surface area (Å²) in [6, 6.07) is 1.83. The van der Waals surface area contributed by atoms with Crippen LogP contribution in [-0.2, 0) is 0 Å². The predicted molar refractivity (Wildman–Crippen MR) is 65.9 cm³/mol. The molecule has 4 nitrogen and oxygen atoms in total. The normalized spacial score (nSPS) is 11.0. The van der Waals surface area contributed by atoms with Crippen molar-refractivity contribution >= 4 is 21.7 Å². The van der Waals surface area contributed by atoms with E-state index in [0.717, 1.165) is 15.7 Å². The molecule has 0 amide bonds. The number of hydrogen-bond acceptors (Lipinski definition) is 4. The molecule has 0 spiro atoms. The Labute approximate surface area is 102 Å². The first-order valence-electron chi connectivity index (χ1n) is 4.95. The second kappa shape index (κ2) is 4.25. The van der Waals surface area contributed by atoms with Gasteiger partial charge in [0.15, 0.2) is 5.76 Å². The summed E-state index contributed by atoms with van der Waals surface area (Å²) in [4.78, 5) is 8.26. The minimum absolute atomic E-state index is 0.244. The molecule has 0 aliphatic carbocycles. The van der Waals surface area contributed by atoms with Crippen LogP contribution in [0.3, 0.4) is 0 Å². The summed E-state index contributed by atoms with van der Waals surface area (Å²) in [7, 11) is 0. The molecule has 84 valence electrons. The molecule has 2 aromatic rings. The van der Waals surface area contributed by atoms with Crippen molar-refractivity contribution in [2.45, 2.75) is 19.8 Å². The summed E-state index contributed by atoms with van der Waals surface area (Å²) in [5, 5.41) is 0. The van der Waals surface area contributed by atoms with Crippen LogP contribution in [0.15, 0.2) is 27.5 Å². The van der Waals surface area contributed by atoms with Gasteiger partial charge in [0, 0.05) is 5.56 Å². The lowest BCUT2D eigenvalue weighted by molar-refractivity contribution is 0.577. The van der Waals surface area contributed by atoms with Crippen LogP contribution in [0.25, 0.3) is 11.5 Å². The monoisotopic (exact) mass is 281 g/mol. The molecule has 2 rings (SSSR count). The lowest BCUT2D eigenvalue weighted by Gasteiger charge is -2.11. The predicted octanol–water partition coefficient (Wildman–Crippen LogP) is 3.20. The lowest BCUT2D eigenvalue weighted by atomic mass is 10.0. The van der Waals surface area contributed by atoms with Gasteiger partial charge in [0.05, 0.1) is 10.7 Å². The number of anilines is 1. The van der Waals surface area contributed by atoms with Gasteiger partial charge in [-0.2, -0.15) is 0 Å². The van der Waals surface area contributed by atoms with Crippen molar-refractivity contribution in [1.29, 1.82) is 0 Å². The van der Waals surface area contributed by atoms with Crippen molar-refractivity contribution in [3.05, 3.63) is 28.7 Å². The van der Waals surface area contributed by atoms with Crippen molar-refractivity contribution in [3.63, 3.8) is 0 Å². The van der Waals surface area contributed by atoms with E-state index in [-0.39, 0.29) is 5.92 Å². The molecule has 0 aliphatic rings. The van der Waals surface area contributed by atoms with Gasteiger partial charge in [0.1, 0.15) is 17.8 Å². The van der Waals surface area contributed by atoms with E-state index in [1.165, 1.54) is 6.33 Å². The van der Waals surface area contributed by atoms with Gasteiger partial charge in [0.25, 0.3) is 0 Å². The van der Waals surface area contributed by atoms with E-state index in [1.54, 1.807) is 6.26 Å². The second-order valence-electron chi connectivity index (χ2n) is 3.77. The molecule has 0 aromatic carbocycles. The molecule has 0 aliphatic heterocycles. The maximum atomic E-state index is 5.87. The van der Waals surface area contributed by atoms with Crippen molar-refractivity contribution in [2.75, 3.05) is 5.73 Å². The first kappa shape index (κ1) is 11.1. The topological polar surface area (TPSA) is 64.9 Å². The molecule has 5 heteroatoms. The average molecular weight is 282 g/mol. The molecule has 0 bridgehead atoms. The molecule has 2 heterocycles. The van der Waals surface area contributed by atoms with Crippen LogP contribution in [-0.4, -0.2) is 9.97 Å². The Morgan fingerprint density at radius 2 is 2.12 bits per heavy atom. The number of halogens is 1. The van der Waals surface area contributed by atoms with E-state index < -0.39 is 0 Å². The molecule has 0 saturated carbocycles. The average Bonchev–Trinajstić information content (AvgIpc) is 2.63. The Kier molecular flexibility index (Phi) is 2.96. The van der Waals surface area contributed by atoms with Crippen molar-refractivity contribution in [1.82, 2.24) is 9.97 Å². The number of nitrogen functional groups attached to an aromatic ring is 1. The van der Waals surface area contributed by atoms with Crippen molar-refractivity contribution in [2.24, 2.45) is 0 Å². The standard InChI is InChI=1S/C11H12BrN3O/c1-6(2)8-9(14-5-15-11(8)13)10-7(12)3-4-16-10/h3-6H,1-2H3,(H2,13,14,15). The van der Waals surface area contributed by atoms with Gasteiger partial charge in [-0.25, -0.2) is 9.97 Å². The molecule has 0 radical (unpaired) electrons. The fourth-order valence-electron chi connectivity index (χ4n) is 1.62. The van der Waals surface area contributed by atoms with Gasteiger partial charge in [0.2, 0.25) is 0 Å². The maximum absolute atomic E-state index is 5.87. The van der Waals surface area contributed by atoms with Crippen LogP contribution in [0.5, 0.6) is 0 Å². The van der Waals surface area contributed by atoms with Gasteiger partial charge < -0.3 is 10.2 Å². The third-order valence-electron chi connectivity index (χ3n) is 2.32. The van der Waals surface area contributed by atoms with Gasteiger partial charge in [-0.15, -0.1) is 0 Å². The fourth-order valence-corrected chi connectivity index (χ4v) is 2.01. The number of furan rings is 1. The summed E-state index contributed by atoms with van der Waals surface area (Å²) >= 11 is 3.42. The maximum Gasteiger partial charge on any atom is 0.166 e. The summed E-state index contributed by atoms with van der Waals surface area (Å²) in [5.41, 5.74) is 7.53. The number of nitrogens with two attached hydrogens (primary N) is 1. The highest BCUT2D eigenvalue weighted by Crippen LogP contribution is 2.34. The highest BCUT2D eigenvalue weighted by atomic mass is 79.9. The van der Waals surface area contributed by atoms with Gasteiger partial charge in [-0.3, -0.25) is 0 Å². The number of hydrogen-bond donors (Lipinski definition) is 1. The van der Waals surface area contributed by atoms with E-state index in [9.17, 15) is 0 Å². The highest BCUT2D eigenvalue weighted by molar-refractivity contribution is 9.10. The summed E-state index contributed by atoms with van der Waals surface area (Å²) < 4.78 is 6.27. The second-order valence-corrected chi connectivity index (χ2v) is 4.63. The minimum Gasteiger partial charge on any atom is -0.461 e. The van der Waals surface area contributed by atoms with Gasteiger partial charge in [-0.05, 0) is 27.9 Å². The van der Waals surface area contributed by atoms with Gasteiger partial charge in [-0.1, -0.05) is 13.8 Å². The zero-order chi connectivity index (χ0) is 11.7. The number of nitrogens with zero attached hydrogens (tertiary/aromatic N) is 2. The van der Waals surface area contributed by atoms with Gasteiger partial charge >= 0.3 is 0 Å². The van der Waals surface area contributed by atoms with Crippen LogP contribution in [0.4, 0.5) is 5.82 Å². The number of aromatic nitrogens is 2. The Hall–Kier alpha value is -1.36. The molecule has 0 unspecified atom stereocenters. The first-order valence-corrected chi connectivity index (χ1v) is 5.74. The van der Waals surface area contributed by atoms with E-state index in [1.807, 2.05) is 6.07 Å². The third-order valence-corrected chi connectivity index (χ3v) is 2.95. The molecule has 0 atom stereocenters. The molecular weight excluding hydrogens is 270 g/mol. The fraction of sp³-hybridized carbons (Fsp3) is 0.273. The summed E-state index contributed by atoms with van der Waals surface area (Å²) in [5.74, 6) is 1.44. The molecule has 16 heavy (non-hydrogen) atoms. The Morgan fingerprint density at radius 1 is 1.38 bits per heavy atom. The SMILES string of the molecule is CC(C)c1c(N)ncnc1-c1occc1Br. The van der Waals surface area contributed by atoms with Crippen molar-refractivity contribution < 1.29 is 4.42 Å². The van der Waals surface area contributed by atoms with E-state index in [4.69, 9.17) is 10.2 Å². The Bertz CT molecular complexity index is 508. The molecule has 0 saturated heterocycles. The van der Waals surface area contributed by atoms with Crippen LogP contribution < -0.4 is 5.73 Å².